The molecule has 0 bridgehead atoms. The predicted octanol–water partition coefficient (Wildman–Crippen LogP) is 2.37. The molecule has 0 radical (unpaired) electrons. The van der Waals surface area contributed by atoms with Crippen molar-refractivity contribution in [2.45, 2.75) is 24.9 Å². The molecule has 1 aromatic heterocycles. The molecular formula is C14H22N4S3Se. The number of benzene rings is 1. The summed E-state index contributed by atoms with van der Waals surface area (Å²) in [6, 6.07) is 7.84. The van der Waals surface area contributed by atoms with Crippen LogP contribution in [-0.2, 0) is 0 Å². The number of H-pyrrole nitrogens is 1. The van der Waals surface area contributed by atoms with Crippen LogP contribution in [-0.4, -0.2) is 49.5 Å². The number of rotatable bonds is 1. The first-order chi connectivity index (χ1) is 10.0. The zero-order valence-electron chi connectivity index (χ0n) is 12.4. The molecule has 0 unspecified atom stereocenters. The number of piperidine rings is 1. The van der Waals surface area contributed by atoms with E-state index in [1.54, 1.807) is 0 Å². The van der Waals surface area contributed by atoms with Crippen molar-refractivity contribution in [1.29, 1.82) is 0 Å². The number of aromatic amines is 1. The number of hydrogen-bond donors (Lipinski definition) is 4. The van der Waals surface area contributed by atoms with Crippen LogP contribution in [0.5, 0.6) is 0 Å². The van der Waals surface area contributed by atoms with E-state index >= 15 is 0 Å². The number of fused-ring (bicyclic) bond motifs is 1. The van der Waals surface area contributed by atoms with Crippen LogP contribution < -0.4 is 5.43 Å². The van der Waals surface area contributed by atoms with E-state index in [1.807, 2.05) is 24.3 Å². The predicted molar refractivity (Wildman–Crippen MR) is 107 cm³/mol. The van der Waals surface area contributed by atoms with Crippen LogP contribution in [0.25, 0.3) is 11.0 Å². The molecule has 0 aliphatic carbocycles. The first kappa shape index (κ1) is 19.8. The molecule has 0 spiro atoms. The fourth-order valence-electron chi connectivity index (χ4n) is 2.19. The molecule has 22 heavy (non-hydrogen) atoms. The summed E-state index contributed by atoms with van der Waals surface area (Å²) in [5, 5.41) is 2.80. The molecule has 1 aliphatic rings. The van der Waals surface area contributed by atoms with Gasteiger partial charge in [0.05, 0.1) is 11.0 Å². The van der Waals surface area contributed by atoms with Gasteiger partial charge in [0, 0.05) is 13.1 Å². The standard InChI is InChI=1S/C7H14N2S2.C7H6N2S.H2Se/c1-6-2-4-9(5-3-6)8-7(10)11;10-7-8-5-3-1-2-4-6(5)9-7;/h6H,2-5H2,1H3,(H2,8,10,11);1-4H,(H2,8,9,10);1H2. The average Bonchev–Trinajstić information content (AvgIpc) is 2.81. The summed E-state index contributed by atoms with van der Waals surface area (Å²) in [6.07, 6.45) is 2.51. The Bertz CT molecular complexity index is 564. The van der Waals surface area contributed by atoms with Gasteiger partial charge in [0.2, 0.25) is 0 Å². The van der Waals surface area contributed by atoms with Crippen molar-refractivity contribution in [3.8, 4) is 0 Å². The molecule has 0 amide bonds. The fraction of sp³-hybridized carbons (Fsp3) is 0.429. The Hall–Kier alpha value is -0.241. The van der Waals surface area contributed by atoms with Gasteiger partial charge < -0.3 is 10.4 Å². The molecule has 122 valence electrons. The Morgan fingerprint density at radius 2 is 2.00 bits per heavy atom. The number of aromatic nitrogens is 2. The van der Waals surface area contributed by atoms with Gasteiger partial charge in [-0.1, -0.05) is 31.3 Å². The van der Waals surface area contributed by atoms with Gasteiger partial charge >= 0.3 is 17.1 Å². The van der Waals surface area contributed by atoms with Gasteiger partial charge in [-0.05, 0) is 30.9 Å². The number of hydrogen-bond acceptors (Lipinski definition) is 4. The number of thiol groups is 2. The second-order valence-electron chi connectivity index (χ2n) is 5.16. The number of nitrogens with one attached hydrogen (secondary N) is 2. The van der Waals surface area contributed by atoms with E-state index in [2.05, 4.69) is 52.6 Å². The molecule has 8 heteroatoms. The Morgan fingerprint density at radius 1 is 1.36 bits per heavy atom. The zero-order chi connectivity index (χ0) is 15.2. The topological polar surface area (TPSA) is 44.0 Å². The number of imidazole rings is 1. The van der Waals surface area contributed by atoms with Crippen LogP contribution in [0.15, 0.2) is 29.4 Å². The van der Waals surface area contributed by atoms with Crippen molar-refractivity contribution in [3.63, 3.8) is 0 Å². The van der Waals surface area contributed by atoms with Crippen molar-refractivity contribution in [2.75, 3.05) is 13.1 Å². The summed E-state index contributed by atoms with van der Waals surface area (Å²) in [6.45, 7) is 4.46. The molecule has 1 fully saturated rings. The fourth-order valence-corrected chi connectivity index (χ4v) is 2.69. The second kappa shape index (κ2) is 9.80. The maximum atomic E-state index is 4.82. The Balaban J connectivity index is 0.000000211. The molecule has 0 saturated carbocycles. The molecule has 0 atom stereocenters. The molecule has 2 heterocycles. The van der Waals surface area contributed by atoms with Gasteiger partial charge in [-0.2, -0.15) is 0 Å². The van der Waals surface area contributed by atoms with Crippen LogP contribution in [0, 0.1) is 5.92 Å². The van der Waals surface area contributed by atoms with Gasteiger partial charge in [-0.15, -0.1) is 25.3 Å². The quantitative estimate of drug-likeness (QED) is 0.324. The van der Waals surface area contributed by atoms with Crippen LogP contribution in [0.4, 0.5) is 0 Å². The van der Waals surface area contributed by atoms with E-state index in [0.717, 1.165) is 30.0 Å². The Labute approximate surface area is 158 Å². The van der Waals surface area contributed by atoms with Crippen molar-refractivity contribution in [3.05, 3.63) is 24.3 Å². The van der Waals surface area contributed by atoms with Gasteiger partial charge in [-0.3, -0.25) is 0 Å². The van der Waals surface area contributed by atoms with Gasteiger partial charge in [0.15, 0.2) is 5.16 Å². The van der Waals surface area contributed by atoms with E-state index < -0.39 is 0 Å². The summed E-state index contributed by atoms with van der Waals surface area (Å²) in [5.41, 5.74) is 5.03. The minimum absolute atomic E-state index is 0. The number of thiocarbonyl (C=S) groups is 1. The molecule has 1 aromatic carbocycles. The third-order valence-electron chi connectivity index (χ3n) is 3.41. The van der Waals surface area contributed by atoms with Gasteiger partial charge in [-0.25, -0.2) is 9.99 Å². The zero-order valence-corrected chi connectivity index (χ0v) is 17.1. The summed E-state index contributed by atoms with van der Waals surface area (Å²) >= 11 is 12.9. The Morgan fingerprint density at radius 3 is 2.59 bits per heavy atom. The van der Waals surface area contributed by atoms with Crippen molar-refractivity contribution < 1.29 is 0 Å². The number of para-hydroxylation sites is 2. The molecular weight excluding hydrogens is 399 g/mol. The molecule has 1 aliphatic heterocycles. The van der Waals surface area contributed by atoms with E-state index in [-0.39, 0.29) is 17.1 Å². The summed E-state index contributed by atoms with van der Waals surface area (Å²) in [7, 11) is 0. The van der Waals surface area contributed by atoms with Crippen LogP contribution in [0.3, 0.4) is 0 Å². The van der Waals surface area contributed by atoms with Crippen LogP contribution >= 0.6 is 37.5 Å². The minimum atomic E-state index is 0. The second-order valence-corrected chi connectivity index (χ2v) is 6.75. The van der Waals surface area contributed by atoms with Crippen molar-refractivity contribution in [2.24, 2.45) is 5.92 Å². The van der Waals surface area contributed by atoms with Crippen LogP contribution in [0.2, 0.25) is 0 Å². The SMILES string of the molecule is CC1CCN(NC(=S)S)CC1.Sc1nc2ccccc2[nH]1.[SeH2]. The van der Waals surface area contributed by atoms with Crippen molar-refractivity contribution in [1.82, 2.24) is 20.4 Å². The van der Waals surface area contributed by atoms with E-state index in [4.69, 9.17) is 12.2 Å². The average molecular weight is 422 g/mol. The van der Waals surface area contributed by atoms with E-state index in [0.29, 0.717) is 9.48 Å². The first-order valence-corrected chi connectivity index (χ1v) is 8.23. The maximum absolute atomic E-state index is 4.82. The summed E-state index contributed by atoms with van der Waals surface area (Å²) in [4.78, 5) is 7.13. The third kappa shape index (κ3) is 6.48. The molecule has 4 nitrogen and oxygen atoms in total. The van der Waals surface area contributed by atoms with Crippen molar-refractivity contribution >= 4 is 69.9 Å². The molecule has 2 N–H and O–H groups in total. The third-order valence-corrected chi connectivity index (χ3v) is 3.82. The van der Waals surface area contributed by atoms with E-state index in [9.17, 15) is 0 Å². The Kier molecular flexibility index (Phi) is 8.82. The first-order valence-electron chi connectivity index (χ1n) is 6.93. The molecule has 2 aromatic rings. The summed E-state index contributed by atoms with van der Waals surface area (Å²) in [5.74, 6) is 0.863. The number of hydrazine groups is 1. The normalized spacial score (nSPS) is 15.6. The van der Waals surface area contributed by atoms with Gasteiger partial charge in [0.1, 0.15) is 4.32 Å². The summed E-state index contributed by atoms with van der Waals surface area (Å²) < 4.78 is 0.569. The molecule has 1 saturated heterocycles. The van der Waals surface area contributed by atoms with E-state index in [1.165, 1.54) is 12.8 Å². The number of nitrogens with zero attached hydrogens (tertiary/aromatic N) is 2. The van der Waals surface area contributed by atoms with Gasteiger partial charge in [0.25, 0.3) is 0 Å². The monoisotopic (exact) mass is 422 g/mol. The molecule has 3 rings (SSSR count). The van der Waals surface area contributed by atoms with Crippen LogP contribution in [0.1, 0.15) is 19.8 Å².